The standard InChI is InChI=1S/C11H14N4S/c1-2-10-11(16-15-14-10)9(12)7-8-3-5-13-6-4-8/h3-6,9H,2,7,12H2,1H3. The minimum atomic E-state index is -0.0163. The van der Waals surface area contributed by atoms with E-state index in [1.54, 1.807) is 12.4 Å². The predicted octanol–water partition coefficient (Wildman–Crippen LogP) is 1.74. The third kappa shape index (κ3) is 2.43. The van der Waals surface area contributed by atoms with Crippen LogP contribution in [0.3, 0.4) is 0 Å². The average molecular weight is 234 g/mol. The monoisotopic (exact) mass is 234 g/mol. The van der Waals surface area contributed by atoms with Crippen LogP contribution in [-0.4, -0.2) is 14.6 Å². The largest absolute Gasteiger partial charge is 0.323 e. The molecule has 4 nitrogen and oxygen atoms in total. The van der Waals surface area contributed by atoms with E-state index in [0.717, 1.165) is 23.4 Å². The fourth-order valence-corrected chi connectivity index (χ4v) is 2.34. The van der Waals surface area contributed by atoms with E-state index in [-0.39, 0.29) is 6.04 Å². The first kappa shape index (κ1) is 11.2. The van der Waals surface area contributed by atoms with Gasteiger partial charge in [-0.3, -0.25) is 4.98 Å². The SMILES string of the molecule is CCc1nnsc1C(N)Cc1ccncc1. The summed E-state index contributed by atoms with van der Waals surface area (Å²) in [5.41, 5.74) is 8.37. The molecule has 0 fully saturated rings. The van der Waals surface area contributed by atoms with Gasteiger partial charge in [-0.2, -0.15) is 0 Å². The number of hydrogen-bond acceptors (Lipinski definition) is 5. The van der Waals surface area contributed by atoms with Crippen LogP contribution in [0.5, 0.6) is 0 Å². The Labute approximate surface area is 98.7 Å². The first-order valence-electron chi connectivity index (χ1n) is 5.27. The fourth-order valence-electron chi connectivity index (χ4n) is 1.61. The summed E-state index contributed by atoms with van der Waals surface area (Å²) >= 11 is 1.40. The lowest BCUT2D eigenvalue weighted by Gasteiger charge is -2.09. The van der Waals surface area contributed by atoms with Crippen LogP contribution >= 0.6 is 11.5 Å². The zero-order valence-corrected chi connectivity index (χ0v) is 9.94. The van der Waals surface area contributed by atoms with E-state index >= 15 is 0 Å². The first-order chi connectivity index (χ1) is 7.81. The zero-order chi connectivity index (χ0) is 11.4. The van der Waals surface area contributed by atoms with Gasteiger partial charge in [0.15, 0.2) is 0 Å². The third-order valence-electron chi connectivity index (χ3n) is 2.46. The van der Waals surface area contributed by atoms with Gasteiger partial charge in [0, 0.05) is 18.4 Å². The molecule has 0 aliphatic rings. The minimum Gasteiger partial charge on any atom is -0.323 e. The second-order valence-electron chi connectivity index (χ2n) is 3.60. The van der Waals surface area contributed by atoms with Gasteiger partial charge >= 0.3 is 0 Å². The molecule has 2 rings (SSSR count). The number of aromatic nitrogens is 3. The summed E-state index contributed by atoms with van der Waals surface area (Å²) in [7, 11) is 0. The van der Waals surface area contributed by atoms with Crippen molar-refractivity contribution < 1.29 is 0 Å². The second-order valence-corrected chi connectivity index (χ2v) is 4.39. The highest BCUT2D eigenvalue weighted by Crippen LogP contribution is 2.22. The van der Waals surface area contributed by atoms with Crippen LogP contribution in [0.1, 0.15) is 29.1 Å². The number of nitrogens with zero attached hydrogens (tertiary/aromatic N) is 3. The molecule has 0 bridgehead atoms. The first-order valence-corrected chi connectivity index (χ1v) is 6.04. The molecule has 16 heavy (non-hydrogen) atoms. The Bertz CT molecular complexity index is 440. The Kier molecular flexibility index (Phi) is 3.58. The average Bonchev–Trinajstić information content (AvgIpc) is 2.78. The maximum atomic E-state index is 6.16. The van der Waals surface area contributed by atoms with Crippen molar-refractivity contribution >= 4 is 11.5 Å². The summed E-state index contributed by atoms with van der Waals surface area (Å²) in [5, 5.41) is 4.07. The molecule has 84 valence electrons. The normalized spacial score (nSPS) is 12.6. The molecular weight excluding hydrogens is 220 g/mol. The topological polar surface area (TPSA) is 64.7 Å². The molecule has 0 saturated carbocycles. The second kappa shape index (κ2) is 5.14. The van der Waals surface area contributed by atoms with E-state index < -0.39 is 0 Å². The van der Waals surface area contributed by atoms with E-state index in [9.17, 15) is 0 Å². The van der Waals surface area contributed by atoms with Crippen molar-refractivity contribution in [1.29, 1.82) is 0 Å². The van der Waals surface area contributed by atoms with Crippen molar-refractivity contribution in [3.8, 4) is 0 Å². The highest BCUT2D eigenvalue weighted by Gasteiger charge is 2.14. The van der Waals surface area contributed by atoms with Crippen molar-refractivity contribution in [1.82, 2.24) is 14.6 Å². The Morgan fingerprint density at radius 2 is 2.12 bits per heavy atom. The number of nitrogens with two attached hydrogens (primary N) is 1. The van der Waals surface area contributed by atoms with Gasteiger partial charge in [-0.1, -0.05) is 11.4 Å². The zero-order valence-electron chi connectivity index (χ0n) is 9.13. The molecule has 0 spiro atoms. The molecule has 0 amide bonds. The highest BCUT2D eigenvalue weighted by atomic mass is 32.1. The minimum absolute atomic E-state index is 0.0163. The Morgan fingerprint density at radius 3 is 2.81 bits per heavy atom. The Morgan fingerprint density at radius 1 is 1.38 bits per heavy atom. The van der Waals surface area contributed by atoms with Crippen LogP contribution in [-0.2, 0) is 12.8 Å². The Hall–Kier alpha value is -1.33. The number of hydrogen-bond donors (Lipinski definition) is 1. The molecule has 0 aliphatic carbocycles. The summed E-state index contributed by atoms with van der Waals surface area (Å²) in [6.07, 6.45) is 5.26. The van der Waals surface area contributed by atoms with Crippen LogP contribution in [0.15, 0.2) is 24.5 Å². The van der Waals surface area contributed by atoms with E-state index in [0.29, 0.717) is 0 Å². The van der Waals surface area contributed by atoms with E-state index in [4.69, 9.17) is 5.73 Å². The summed E-state index contributed by atoms with van der Waals surface area (Å²) in [6.45, 7) is 2.07. The molecule has 2 N–H and O–H groups in total. The lowest BCUT2D eigenvalue weighted by atomic mass is 10.1. The quantitative estimate of drug-likeness (QED) is 0.875. The molecule has 0 saturated heterocycles. The van der Waals surface area contributed by atoms with Crippen molar-refractivity contribution in [2.24, 2.45) is 5.73 Å². The Balaban J connectivity index is 2.11. The van der Waals surface area contributed by atoms with Gasteiger partial charge in [-0.05, 0) is 42.1 Å². The maximum absolute atomic E-state index is 6.16. The number of aryl methyl sites for hydroxylation is 1. The summed E-state index contributed by atoms with van der Waals surface area (Å²) in [4.78, 5) is 5.08. The maximum Gasteiger partial charge on any atom is 0.0801 e. The lowest BCUT2D eigenvalue weighted by Crippen LogP contribution is -2.13. The molecule has 2 aromatic rings. The van der Waals surface area contributed by atoms with Gasteiger partial charge in [0.2, 0.25) is 0 Å². The summed E-state index contributed by atoms with van der Waals surface area (Å²) < 4.78 is 3.95. The van der Waals surface area contributed by atoms with Crippen molar-refractivity contribution in [2.45, 2.75) is 25.8 Å². The molecule has 0 radical (unpaired) electrons. The van der Waals surface area contributed by atoms with Gasteiger partial charge in [0.05, 0.1) is 10.6 Å². The van der Waals surface area contributed by atoms with Crippen molar-refractivity contribution in [2.75, 3.05) is 0 Å². The highest BCUT2D eigenvalue weighted by molar-refractivity contribution is 7.05. The van der Waals surface area contributed by atoms with Gasteiger partial charge in [0.1, 0.15) is 0 Å². The fraction of sp³-hybridized carbons (Fsp3) is 0.364. The van der Waals surface area contributed by atoms with Crippen LogP contribution in [0.2, 0.25) is 0 Å². The van der Waals surface area contributed by atoms with Gasteiger partial charge in [-0.25, -0.2) is 0 Å². The number of pyridine rings is 1. The van der Waals surface area contributed by atoms with Gasteiger partial charge < -0.3 is 5.73 Å². The summed E-state index contributed by atoms with van der Waals surface area (Å²) in [6, 6.07) is 3.96. The number of rotatable bonds is 4. The predicted molar refractivity (Wildman–Crippen MR) is 64.2 cm³/mol. The van der Waals surface area contributed by atoms with E-state index in [1.807, 2.05) is 12.1 Å². The molecule has 2 heterocycles. The molecular formula is C11H14N4S. The molecule has 0 aliphatic heterocycles. The third-order valence-corrected chi connectivity index (χ3v) is 3.36. The molecule has 1 atom stereocenters. The molecule has 2 aromatic heterocycles. The molecule has 5 heteroatoms. The van der Waals surface area contributed by atoms with Gasteiger partial charge in [0.25, 0.3) is 0 Å². The molecule has 1 unspecified atom stereocenters. The van der Waals surface area contributed by atoms with E-state index in [1.165, 1.54) is 17.1 Å². The smallest absolute Gasteiger partial charge is 0.0801 e. The summed E-state index contributed by atoms with van der Waals surface area (Å²) in [5.74, 6) is 0. The van der Waals surface area contributed by atoms with Crippen molar-refractivity contribution in [3.05, 3.63) is 40.7 Å². The van der Waals surface area contributed by atoms with Crippen LogP contribution in [0, 0.1) is 0 Å². The lowest BCUT2D eigenvalue weighted by molar-refractivity contribution is 0.721. The van der Waals surface area contributed by atoms with Gasteiger partial charge in [-0.15, -0.1) is 5.10 Å². The van der Waals surface area contributed by atoms with Crippen LogP contribution < -0.4 is 5.73 Å². The van der Waals surface area contributed by atoms with Crippen molar-refractivity contribution in [3.63, 3.8) is 0 Å². The van der Waals surface area contributed by atoms with Crippen LogP contribution in [0.4, 0.5) is 0 Å². The molecule has 0 aromatic carbocycles. The van der Waals surface area contributed by atoms with E-state index in [2.05, 4.69) is 21.5 Å². The van der Waals surface area contributed by atoms with Crippen LogP contribution in [0.25, 0.3) is 0 Å².